The van der Waals surface area contributed by atoms with Crippen molar-refractivity contribution in [2.24, 2.45) is 5.92 Å². The lowest BCUT2D eigenvalue weighted by atomic mass is 10.2. The van der Waals surface area contributed by atoms with Gasteiger partial charge in [-0.1, -0.05) is 19.9 Å². The smallest absolute Gasteiger partial charge is 0.251 e. The summed E-state index contributed by atoms with van der Waals surface area (Å²) >= 11 is 0. The number of rotatable bonds is 7. The van der Waals surface area contributed by atoms with Crippen LogP contribution in [0, 0.1) is 5.92 Å². The van der Waals surface area contributed by atoms with Crippen molar-refractivity contribution in [2.45, 2.75) is 20.4 Å². The van der Waals surface area contributed by atoms with Gasteiger partial charge in [0.2, 0.25) is 0 Å². The third-order valence-electron chi connectivity index (χ3n) is 4.30. The van der Waals surface area contributed by atoms with E-state index in [1.54, 1.807) is 12.1 Å². The lowest BCUT2D eigenvalue weighted by molar-refractivity contribution is 0.0951. The lowest BCUT2D eigenvalue weighted by Gasteiger charge is -2.27. The molecule has 0 bridgehead atoms. The fraction of sp³-hybridized carbons (Fsp3) is 0.429. The number of pyridine rings is 1. The second-order valence-electron chi connectivity index (χ2n) is 7.04. The van der Waals surface area contributed by atoms with Gasteiger partial charge in [0.05, 0.1) is 19.8 Å². The Kier molecular flexibility index (Phi) is 6.65. The second-order valence-corrected chi connectivity index (χ2v) is 7.04. The Bertz CT molecular complexity index is 723. The maximum Gasteiger partial charge on any atom is 0.251 e. The molecule has 1 aliphatic heterocycles. The van der Waals surface area contributed by atoms with Crippen molar-refractivity contribution < 1.29 is 14.3 Å². The molecule has 144 valence electrons. The molecule has 1 fully saturated rings. The number of nitrogens with zero attached hydrogens (tertiary/aromatic N) is 2. The standard InChI is InChI=1S/C21H27N3O3/c1-16(2)15-27-19-6-4-18(5-7-19)21(25)23-14-17-3-8-20(22-13-17)24-9-11-26-12-10-24/h3-8,13,16H,9-12,14-15H2,1-2H3,(H,23,25). The van der Waals surface area contributed by atoms with Gasteiger partial charge in [-0.3, -0.25) is 4.79 Å². The first-order valence-corrected chi connectivity index (χ1v) is 9.40. The average Bonchev–Trinajstić information content (AvgIpc) is 2.72. The van der Waals surface area contributed by atoms with Gasteiger partial charge in [-0.2, -0.15) is 0 Å². The SMILES string of the molecule is CC(C)COc1ccc(C(=O)NCc2ccc(N3CCOCC3)nc2)cc1. The quantitative estimate of drug-likeness (QED) is 0.813. The predicted octanol–water partition coefficient (Wildman–Crippen LogP) is 2.88. The molecule has 0 saturated carbocycles. The van der Waals surface area contributed by atoms with E-state index in [9.17, 15) is 4.79 Å². The molecule has 1 aromatic heterocycles. The molecule has 1 aliphatic rings. The number of anilines is 1. The predicted molar refractivity (Wildman–Crippen MR) is 105 cm³/mol. The molecular formula is C21H27N3O3. The molecule has 6 nitrogen and oxygen atoms in total. The Balaban J connectivity index is 1.49. The summed E-state index contributed by atoms with van der Waals surface area (Å²) in [6.07, 6.45) is 1.81. The summed E-state index contributed by atoms with van der Waals surface area (Å²) in [5, 5.41) is 2.93. The fourth-order valence-corrected chi connectivity index (χ4v) is 2.75. The summed E-state index contributed by atoms with van der Waals surface area (Å²) in [6, 6.07) is 11.2. The first kappa shape index (κ1) is 19.2. The van der Waals surface area contributed by atoms with Gasteiger partial charge in [-0.25, -0.2) is 4.98 Å². The number of carbonyl (C=O) groups excluding carboxylic acids is 1. The highest BCUT2D eigenvalue weighted by molar-refractivity contribution is 5.94. The maximum absolute atomic E-state index is 12.3. The Morgan fingerprint density at radius 3 is 2.56 bits per heavy atom. The molecule has 0 spiro atoms. The van der Waals surface area contributed by atoms with Gasteiger partial charge in [0.1, 0.15) is 11.6 Å². The number of ether oxygens (including phenoxy) is 2. The normalized spacial score (nSPS) is 14.3. The van der Waals surface area contributed by atoms with Crippen LogP contribution < -0.4 is 15.0 Å². The highest BCUT2D eigenvalue weighted by atomic mass is 16.5. The van der Waals surface area contributed by atoms with E-state index in [1.807, 2.05) is 30.5 Å². The van der Waals surface area contributed by atoms with E-state index >= 15 is 0 Å². The van der Waals surface area contributed by atoms with Gasteiger partial charge in [0, 0.05) is 31.4 Å². The van der Waals surface area contributed by atoms with Crippen LogP contribution in [0.3, 0.4) is 0 Å². The van der Waals surface area contributed by atoms with Crippen molar-refractivity contribution in [3.63, 3.8) is 0 Å². The summed E-state index contributed by atoms with van der Waals surface area (Å²) in [4.78, 5) is 19.0. The fourth-order valence-electron chi connectivity index (χ4n) is 2.75. The second kappa shape index (κ2) is 9.37. The van der Waals surface area contributed by atoms with Crippen LogP contribution >= 0.6 is 0 Å². The van der Waals surface area contributed by atoms with E-state index in [1.165, 1.54) is 0 Å². The molecule has 2 aromatic rings. The molecule has 1 amide bonds. The minimum absolute atomic E-state index is 0.109. The van der Waals surface area contributed by atoms with Crippen molar-refractivity contribution in [1.29, 1.82) is 0 Å². The molecule has 1 saturated heterocycles. The van der Waals surface area contributed by atoms with Crippen LogP contribution in [0.4, 0.5) is 5.82 Å². The number of amides is 1. The topological polar surface area (TPSA) is 63.7 Å². The van der Waals surface area contributed by atoms with Gasteiger partial charge in [0.25, 0.3) is 5.91 Å². The summed E-state index contributed by atoms with van der Waals surface area (Å²) < 4.78 is 11.0. The highest BCUT2D eigenvalue weighted by Gasteiger charge is 2.12. The zero-order chi connectivity index (χ0) is 19.1. The van der Waals surface area contributed by atoms with E-state index in [-0.39, 0.29) is 5.91 Å². The summed E-state index contributed by atoms with van der Waals surface area (Å²) in [7, 11) is 0. The molecule has 0 atom stereocenters. The monoisotopic (exact) mass is 369 g/mol. The van der Waals surface area contributed by atoms with Crippen molar-refractivity contribution in [3.05, 3.63) is 53.7 Å². The molecule has 1 aromatic carbocycles. The number of morpholine rings is 1. The molecule has 2 heterocycles. The van der Waals surface area contributed by atoms with Gasteiger partial charge >= 0.3 is 0 Å². The zero-order valence-electron chi connectivity index (χ0n) is 16.0. The maximum atomic E-state index is 12.3. The average molecular weight is 369 g/mol. The van der Waals surface area contributed by atoms with Gasteiger partial charge in [0.15, 0.2) is 0 Å². The largest absolute Gasteiger partial charge is 0.493 e. The van der Waals surface area contributed by atoms with E-state index in [2.05, 4.69) is 29.0 Å². The van der Waals surface area contributed by atoms with Gasteiger partial charge in [-0.05, 0) is 41.8 Å². The molecule has 0 aliphatic carbocycles. The van der Waals surface area contributed by atoms with Crippen LogP contribution in [0.25, 0.3) is 0 Å². The third kappa shape index (κ3) is 5.69. The van der Waals surface area contributed by atoms with Crippen LogP contribution in [0.1, 0.15) is 29.8 Å². The third-order valence-corrected chi connectivity index (χ3v) is 4.30. The summed E-state index contributed by atoms with van der Waals surface area (Å²) in [6.45, 7) is 8.51. The van der Waals surface area contributed by atoms with Crippen LogP contribution in [0.2, 0.25) is 0 Å². The minimum Gasteiger partial charge on any atom is -0.493 e. The number of aromatic nitrogens is 1. The molecule has 6 heteroatoms. The number of benzene rings is 1. The Hall–Kier alpha value is -2.60. The summed E-state index contributed by atoms with van der Waals surface area (Å²) in [5.41, 5.74) is 1.59. The molecule has 27 heavy (non-hydrogen) atoms. The van der Waals surface area contributed by atoms with Crippen molar-refractivity contribution in [1.82, 2.24) is 10.3 Å². The van der Waals surface area contributed by atoms with E-state index in [0.29, 0.717) is 24.6 Å². The number of hydrogen-bond donors (Lipinski definition) is 1. The van der Waals surface area contributed by atoms with Crippen LogP contribution in [-0.4, -0.2) is 43.8 Å². The Morgan fingerprint density at radius 2 is 1.93 bits per heavy atom. The number of hydrogen-bond acceptors (Lipinski definition) is 5. The van der Waals surface area contributed by atoms with E-state index < -0.39 is 0 Å². The highest BCUT2D eigenvalue weighted by Crippen LogP contribution is 2.15. The van der Waals surface area contributed by atoms with Crippen molar-refractivity contribution in [3.8, 4) is 5.75 Å². The summed E-state index contributed by atoms with van der Waals surface area (Å²) in [5.74, 6) is 2.09. The van der Waals surface area contributed by atoms with Gasteiger partial charge in [-0.15, -0.1) is 0 Å². The van der Waals surface area contributed by atoms with E-state index in [4.69, 9.17) is 9.47 Å². The first-order valence-electron chi connectivity index (χ1n) is 9.40. The van der Waals surface area contributed by atoms with Crippen molar-refractivity contribution >= 4 is 11.7 Å². The van der Waals surface area contributed by atoms with Crippen LogP contribution in [-0.2, 0) is 11.3 Å². The van der Waals surface area contributed by atoms with E-state index in [0.717, 1.165) is 43.4 Å². The van der Waals surface area contributed by atoms with Crippen LogP contribution in [0.15, 0.2) is 42.6 Å². The van der Waals surface area contributed by atoms with Crippen molar-refractivity contribution in [2.75, 3.05) is 37.8 Å². The lowest BCUT2D eigenvalue weighted by Crippen LogP contribution is -2.36. The first-order chi connectivity index (χ1) is 13.1. The zero-order valence-corrected chi connectivity index (χ0v) is 16.0. The molecule has 0 radical (unpaired) electrons. The van der Waals surface area contributed by atoms with Gasteiger partial charge < -0.3 is 19.7 Å². The molecular weight excluding hydrogens is 342 g/mol. The number of nitrogens with one attached hydrogen (secondary N) is 1. The van der Waals surface area contributed by atoms with Crippen LogP contribution in [0.5, 0.6) is 5.75 Å². The minimum atomic E-state index is -0.109. The molecule has 0 unspecified atom stereocenters. The Labute approximate surface area is 160 Å². The molecule has 1 N–H and O–H groups in total. The Morgan fingerprint density at radius 1 is 1.19 bits per heavy atom. The molecule has 3 rings (SSSR count). The number of carbonyl (C=O) groups is 1.